The molecule has 2 aromatic heterocycles. The van der Waals surface area contributed by atoms with E-state index in [1.807, 2.05) is 12.3 Å². The van der Waals surface area contributed by atoms with Gasteiger partial charge < -0.3 is 10.3 Å². The Hall–Kier alpha value is -1.88. The monoisotopic (exact) mass is 272 g/mol. The van der Waals surface area contributed by atoms with Crippen molar-refractivity contribution >= 4 is 16.8 Å². The van der Waals surface area contributed by atoms with Crippen LogP contribution in [-0.4, -0.2) is 32.9 Å². The normalized spacial score (nSPS) is 15.8. The van der Waals surface area contributed by atoms with Crippen LogP contribution >= 0.6 is 0 Å². The Labute approximate surface area is 118 Å². The number of carbonyl (C=O) groups excluding carboxylic acids is 1. The Morgan fingerprint density at radius 3 is 3.00 bits per heavy atom. The highest BCUT2D eigenvalue weighted by atomic mass is 16.1. The van der Waals surface area contributed by atoms with Crippen LogP contribution in [0.15, 0.2) is 18.5 Å². The lowest BCUT2D eigenvalue weighted by molar-refractivity contribution is -0.118. The molecule has 1 amide bonds. The van der Waals surface area contributed by atoms with Crippen molar-refractivity contribution in [3.63, 3.8) is 0 Å². The number of fused-ring (bicyclic) bond motifs is 3. The number of amides is 1. The van der Waals surface area contributed by atoms with Crippen LogP contribution < -0.4 is 5.73 Å². The highest BCUT2D eigenvalue weighted by Crippen LogP contribution is 2.30. The van der Waals surface area contributed by atoms with Crippen molar-refractivity contribution in [1.29, 1.82) is 0 Å². The average molecular weight is 272 g/mol. The van der Waals surface area contributed by atoms with Crippen LogP contribution in [-0.2, 0) is 24.3 Å². The summed E-state index contributed by atoms with van der Waals surface area (Å²) >= 11 is 0. The maximum absolute atomic E-state index is 11.3. The van der Waals surface area contributed by atoms with Gasteiger partial charge in [0.1, 0.15) is 6.54 Å². The third kappa shape index (κ3) is 2.08. The summed E-state index contributed by atoms with van der Waals surface area (Å²) in [6, 6.07) is 2.49. The predicted octanol–water partition coefficient (Wildman–Crippen LogP) is 1.29. The van der Waals surface area contributed by atoms with Crippen molar-refractivity contribution in [2.75, 3.05) is 6.54 Å². The molecule has 2 aromatic rings. The second kappa shape index (κ2) is 4.90. The minimum Gasteiger partial charge on any atom is -0.368 e. The van der Waals surface area contributed by atoms with E-state index in [4.69, 9.17) is 5.73 Å². The first-order valence-electron chi connectivity index (χ1n) is 7.04. The van der Waals surface area contributed by atoms with E-state index in [0.29, 0.717) is 6.04 Å². The van der Waals surface area contributed by atoms with Gasteiger partial charge in [-0.05, 0) is 25.5 Å². The number of rotatable bonds is 3. The highest BCUT2D eigenvalue weighted by Gasteiger charge is 2.25. The zero-order valence-electron chi connectivity index (χ0n) is 12.0. The van der Waals surface area contributed by atoms with Crippen molar-refractivity contribution in [2.45, 2.75) is 39.4 Å². The maximum Gasteiger partial charge on any atom is 0.237 e. The van der Waals surface area contributed by atoms with E-state index in [1.54, 1.807) is 6.20 Å². The highest BCUT2D eigenvalue weighted by molar-refractivity contribution is 5.86. The number of hydrogen-bond donors (Lipinski definition) is 1. The fraction of sp³-hybridized carbons (Fsp3) is 0.467. The molecule has 0 bridgehead atoms. The van der Waals surface area contributed by atoms with E-state index < -0.39 is 0 Å². The van der Waals surface area contributed by atoms with Crippen molar-refractivity contribution in [1.82, 2.24) is 14.5 Å². The van der Waals surface area contributed by atoms with E-state index in [9.17, 15) is 4.79 Å². The first-order chi connectivity index (χ1) is 9.58. The maximum atomic E-state index is 11.3. The third-order valence-electron chi connectivity index (χ3n) is 4.13. The lowest BCUT2D eigenvalue weighted by Gasteiger charge is -2.31. The van der Waals surface area contributed by atoms with Crippen LogP contribution in [0.1, 0.15) is 25.1 Å². The third-order valence-corrected chi connectivity index (χ3v) is 4.13. The molecule has 0 radical (unpaired) electrons. The molecule has 2 N–H and O–H groups in total. The van der Waals surface area contributed by atoms with E-state index in [-0.39, 0.29) is 12.5 Å². The van der Waals surface area contributed by atoms with Crippen molar-refractivity contribution in [3.8, 4) is 0 Å². The van der Waals surface area contributed by atoms with Gasteiger partial charge in [0.05, 0.1) is 5.52 Å². The van der Waals surface area contributed by atoms with Gasteiger partial charge in [-0.25, -0.2) is 0 Å². The Kier molecular flexibility index (Phi) is 3.22. The molecule has 0 spiro atoms. The first-order valence-corrected chi connectivity index (χ1v) is 7.04. The van der Waals surface area contributed by atoms with Crippen molar-refractivity contribution in [3.05, 3.63) is 29.7 Å². The number of carbonyl (C=O) groups is 1. The molecule has 0 aliphatic carbocycles. The van der Waals surface area contributed by atoms with Crippen molar-refractivity contribution in [2.24, 2.45) is 5.73 Å². The van der Waals surface area contributed by atoms with E-state index >= 15 is 0 Å². The second-order valence-corrected chi connectivity index (χ2v) is 5.68. The van der Waals surface area contributed by atoms with Crippen LogP contribution in [0.4, 0.5) is 0 Å². The molecule has 3 heterocycles. The summed E-state index contributed by atoms with van der Waals surface area (Å²) in [5.74, 6) is -0.298. The molecule has 106 valence electrons. The molecule has 5 nitrogen and oxygen atoms in total. The molecule has 0 saturated carbocycles. The number of primary amides is 1. The van der Waals surface area contributed by atoms with Crippen LogP contribution in [0.2, 0.25) is 0 Å². The molecule has 0 unspecified atom stereocenters. The Morgan fingerprint density at radius 2 is 2.30 bits per heavy atom. The Morgan fingerprint density at radius 1 is 1.50 bits per heavy atom. The summed E-state index contributed by atoms with van der Waals surface area (Å²) in [6.45, 7) is 6.61. The fourth-order valence-corrected chi connectivity index (χ4v) is 3.09. The van der Waals surface area contributed by atoms with Gasteiger partial charge in [-0.1, -0.05) is 0 Å². The van der Waals surface area contributed by atoms with Crippen LogP contribution in [0.5, 0.6) is 0 Å². The van der Waals surface area contributed by atoms with Crippen molar-refractivity contribution < 1.29 is 4.79 Å². The van der Waals surface area contributed by atoms with Gasteiger partial charge in [-0.2, -0.15) is 0 Å². The van der Waals surface area contributed by atoms with Gasteiger partial charge >= 0.3 is 0 Å². The quantitative estimate of drug-likeness (QED) is 0.915. The smallest absolute Gasteiger partial charge is 0.237 e. The fourth-order valence-electron chi connectivity index (χ4n) is 3.09. The van der Waals surface area contributed by atoms with E-state index in [0.717, 1.165) is 30.4 Å². The van der Waals surface area contributed by atoms with Gasteiger partial charge in [0, 0.05) is 49.0 Å². The lowest BCUT2D eigenvalue weighted by Crippen LogP contribution is -2.36. The number of nitrogens with zero attached hydrogens (tertiary/aromatic N) is 3. The zero-order chi connectivity index (χ0) is 14.3. The van der Waals surface area contributed by atoms with Crippen LogP contribution in [0, 0.1) is 0 Å². The molecule has 0 atom stereocenters. The number of nitrogens with two attached hydrogens (primary N) is 1. The minimum absolute atomic E-state index is 0.248. The molecule has 0 saturated heterocycles. The molecule has 3 rings (SSSR count). The first kappa shape index (κ1) is 13.1. The standard InChI is InChI=1S/C15H20N4O/c1-10(2)18-6-4-14-12(8-18)11-7-17-5-3-13(11)19(14)9-15(16)20/h3,5,7,10H,4,6,8-9H2,1-2H3,(H2,16,20). The van der Waals surface area contributed by atoms with Gasteiger partial charge in [0.15, 0.2) is 0 Å². The average Bonchev–Trinajstić information content (AvgIpc) is 2.73. The second-order valence-electron chi connectivity index (χ2n) is 5.68. The van der Waals surface area contributed by atoms with E-state index in [2.05, 4.69) is 28.3 Å². The topological polar surface area (TPSA) is 64.2 Å². The lowest BCUT2D eigenvalue weighted by atomic mass is 10.0. The molecular formula is C15H20N4O. The largest absolute Gasteiger partial charge is 0.368 e. The Bertz CT molecular complexity index is 659. The predicted molar refractivity (Wildman–Crippen MR) is 78.2 cm³/mol. The number of aromatic nitrogens is 2. The summed E-state index contributed by atoms with van der Waals surface area (Å²) in [4.78, 5) is 18.0. The van der Waals surface area contributed by atoms with Gasteiger partial charge in [-0.3, -0.25) is 14.7 Å². The molecule has 0 aromatic carbocycles. The van der Waals surface area contributed by atoms with E-state index in [1.165, 1.54) is 11.3 Å². The molecule has 1 aliphatic heterocycles. The summed E-state index contributed by atoms with van der Waals surface area (Å²) in [5, 5.41) is 1.15. The SMILES string of the molecule is CC(C)N1CCc2c(c3cnccc3n2CC(N)=O)C1. The molecule has 0 fully saturated rings. The summed E-state index contributed by atoms with van der Waals surface area (Å²) in [7, 11) is 0. The van der Waals surface area contributed by atoms with Gasteiger partial charge in [0.2, 0.25) is 5.91 Å². The number of pyridine rings is 1. The summed E-state index contributed by atoms with van der Waals surface area (Å²) in [5.41, 5.74) is 9.00. The molecule has 1 aliphatic rings. The van der Waals surface area contributed by atoms with Crippen LogP contribution in [0.3, 0.4) is 0 Å². The summed E-state index contributed by atoms with van der Waals surface area (Å²) < 4.78 is 2.06. The van der Waals surface area contributed by atoms with Crippen LogP contribution in [0.25, 0.3) is 10.9 Å². The number of hydrogen-bond acceptors (Lipinski definition) is 3. The molecule has 20 heavy (non-hydrogen) atoms. The summed E-state index contributed by atoms with van der Waals surface area (Å²) in [6.07, 6.45) is 4.62. The zero-order valence-corrected chi connectivity index (χ0v) is 12.0. The Balaban J connectivity index is 2.14. The minimum atomic E-state index is -0.298. The van der Waals surface area contributed by atoms with Gasteiger partial charge in [-0.15, -0.1) is 0 Å². The van der Waals surface area contributed by atoms with Gasteiger partial charge in [0.25, 0.3) is 0 Å². The molecular weight excluding hydrogens is 252 g/mol. The molecule has 5 heteroatoms.